The Morgan fingerprint density at radius 2 is 1.75 bits per heavy atom. The number of aliphatic carboxylic acids is 1. The molecule has 1 saturated heterocycles. The van der Waals surface area contributed by atoms with Gasteiger partial charge in [0.15, 0.2) is 0 Å². The average Bonchev–Trinajstić information content (AvgIpc) is 3.58. The molecule has 2 heterocycles. The van der Waals surface area contributed by atoms with Crippen molar-refractivity contribution in [1.82, 2.24) is 20.4 Å². The number of aromatic nitrogens is 2. The standard InChI is InChI=1S/C26H26Cl2N6O3.C2HF3O2/c1-2-5-22(35)30-17-7-3-6-16(12-17)14-34-11-10-18(15-34)31-26(37)24-21(13-29-33-24)32-25(36)23-19(27)8-4-9-20(23)28;3-2(4,5)1(6)7/h2-9,12-13,18H,10-11,14-15H2,1H3,(H,29,33)(H,30,35)(H,31,37)(H,32,36);(H,6,7)/b5-2+;/t18-;/m1./s1. The Kier molecular flexibility index (Phi) is 11.9. The van der Waals surface area contributed by atoms with E-state index in [1.165, 1.54) is 12.3 Å². The van der Waals surface area contributed by atoms with Gasteiger partial charge in [-0.1, -0.05) is 47.5 Å². The van der Waals surface area contributed by atoms with Crippen molar-refractivity contribution >= 4 is 58.3 Å². The van der Waals surface area contributed by atoms with Gasteiger partial charge < -0.3 is 21.1 Å². The van der Waals surface area contributed by atoms with Crippen LogP contribution in [-0.4, -0.2) is 69.2 Å². The molecule has 16 heteroatoms. The molecule has 0 bridgehead atoms. The summed E-state index contributed by atoms with van der Waals surface area (Å²) in [5.74, 6) is -3.85. The van der Waals surface area contributed by atoms with Gasteiger partial charge in [-0.05, 0) is 49.2 Å². The van der Waals surface area contributed by atoms with Crippen LogP contribution < -0.4 is 16.0 Å². The zero-order valence-electron chi connectivity index (χ0n) is 23.0. The molecule has 5 N–H and O–H groups in total. The number of allylic oxidation sites excluding steroid dienone is 1. The summed E-state index contributed by atoms with van der Waals surface area (Å²) in [6.45, 7) is 3.94. The molecule has 44 heavy (non-hydrogen) atoms. The number of anilines is 2. The summed E-state index contributed by atoms with van der Waals surface area (Å²) < 4.78 is 31.7. The predicted molar refractivity (Wildman–Crippen MR) is 158 cm³/mol. The van der Waals surface area contributed by atoms with E-state index in [9.17, 15) is 27.6 Å². The van der Waals surface area contributed by atoms with E-state index in [0.29, 0.717) is 13.1 Å². The van der Waals surface area contributed by atoms with Crippen LogP contribution in [0.1, 0.15) is 39.8 Å². The molecule has 1 atom stereocenters. The van der Waals surface area contributed by atoms with Crippen LogP contribution in [0.3, 0.4) is 0 Å². The summed E-state index contributed by atoms with van der Waals surface area (Å²) in [5.41, 5.74) is 2.28. The molecular weight excluding hydrogens is 628 g/mol. The Labute approximate surface area is 259 Å². The number of nitrogens with one attached hydrogen (secondary N) is 4. The summed E-state index contributed by atoms with van der Waals surface area (Å²) >= 11 is 12.2. The van der Waals surface area contributed by atoms with Gasteiger partial charge in [0.1, 0.15) is 5.69 Å². The smallest absolute Gasteiger partial charge is 0.475 e. The third kappa shape index (κ3) is 9.82. The highest BCUT2D eigenvalue weighted by molar-refractivity contribution is 6.40. The number of amides is 3. The number of carboxylic acids is 1. The van der Waals surface area contributed by atoms with Crippen molar-refractivity contribution in [2.24, 2.45) is 0 Å². The van der Waals surface area contributed by atoms with Gasteiger partial charge in [0.25, 0.3) is 11.8 Å². The number of likely N-dealkylation sites (tertiary alicyclic amines) is 1. The normalized spacial score (nSPS) is 14.9. The van der Waals surface area contributed by atoms with Crippen molar-refractivity contribution < 1.29 is 37.5 Å². The van der Waals surface area contributed by atoms with Gasteiger partial charge >= 0.3 is 12.1 Å². The van der Waals surface area contributed by atoms with Crippen LogP contribution in [0, 0.1) is 0 Å². The average molecular weight is 655 g/mol. The summed E-state index contributed by atoms with van der Waals surface area (Å²) in [6, 6.07) is 12.4. The summed E-state index contributed by atoms with van der Waals surface area (Å²) in [6.07, 6.45) is 0.213. The van der Waals surface area contributed by atoms with Gasteiger partial charge in [-0.25, -0.2) is 4.79 Å². The highest BCUT2D eigenvalue weighted by atomic mass is 35.5. The minimum Gasteiger partial charge on any atom is -0.475 e. The zero-order chi connectivity index (χ0) is 32.4. The van der Waals surface area contributed by atoms with E-state index in [-0.39, 0.29) is 44.8 Å². The molecule has 0 aliphatic carbocycles. The Hall–Kier alpha value is -4.40. The fourth-order valence-electron chi connectivity index (χ4n) is 4.15. The quantitative estimate of drug-likeness (QED) is 0.211. The number of alkyl halides is 3. The maximum absolute atomic E-state index is 13.0. The van der Waals surface area contributed by atoms with Crippen LogP contribution in [0.4, 0.5) is 24.5 Å². The lowest BCUT2D eigenvalue weighted by Gasteiger charge is -2.17. The van der Waals surface area contributed by atoms with Crippen molar-refractivity contribution in [3.8, 4) is 0 Å². The van der Waals surface area contributed by atoms with E-state index in [4.69, 9.17) is 33.1 Å². The Morgan fingerprint density at radius 1 is 1.09 bits per heavy atom. The molecule has 0 radical (unpaired) electrons. The van der Waals surface area contributed by atoms with Crippen LogP contribution in [0.25, 0.3) is 0 Å². The fourth-order valence-corrected chi connectivity index (χ4v) is 4.72. The molecule has 0 saturated carbocycles. The SMILES string of the molecule is C/C=C/C(=O)Nc1cccc(CN2CC[C@@H](NC(=O)c3[nH]ncc3NC(=O)c3c(Cl)cccc3Cl)C2)c1.O=C(O)C(F)(F)F. The van der Waals surface area contributed by atoms with Crippen molar-refractivity contribution in [3.63, 3.8) is 0 Å². The topological polar surface area (TPSA) is 157 Å². The van der Waals surface area contributed by atoms with Gasteiger partial charge in [0.05, 0.1) is 27.5 Å². The number of hydrogen-bond acceptors (Lipinski definition) is 6. The monoisotopic (exact) mass is 654 g/mol. The third-order valence-corrected chi connectivity index (χ3v) is 6.70. The van der Waals surface area contributed by atoms with Crippen molar-refractivity contribution in [2.75, 3.05) is 23.7 Å². The number of carbonyl (C=O) groups is 4. The highest BCUT2D eigenvalue weighted by Crippen LogP contribution is 2.26. The van der Waals surface area contributed by atoms with Crippen LogP contribution in [0.5, 0.6) is 0 Å². The molecule has 2 aromatic carbocycles. The van der Waals surface area contributed by atoms with E-state index in [1.807, 2.05) is 24.3 Å². The van der Waals surface area contributed by atoms with Gasteiger partial charge in [0.2, 0.25) is 5.91 Å². The maximum Gasteiger partial charge on any atom is 0.490 e. The zero-order valence-corrected chi connectivity index (χ0v) is 24.6. The second-order valence-electron chi connectivity index (χ2n) is 9.40. The number of rotatable bonds is 8. The molecule has 1 fully saturated rings. The van der Waals surface area contributed by atoms with Crippen molar-refractivity contribution in [1.29, 1.82) is 0 Å². The lowest BCUT2D eigenvalue weighted by atomic mass is 10.2. The third-order valence-electron chi connectivity index (χ3n) is 6.07. The number of hydrogen-bond donors (Lipinski definition) is 5. The van der Waals surface area contributed by atoms with E-state index in [0.717, 1.165) is 24.2 Å². The van der Waals surface area contributed by atoms with Crippen molar-refractivity contribution in [3.05, 3.63) is 87.7 Å². The molecule has 11 nitrogen and oxygen atoms in total. The fraction of sp³-hybridized carbons (Fsp3) is 0.250. The molecule has 4 rings (SSSR count). The second-order valence-corrected chi connectivity index (χ2v) is 10.2. The summed E-state index contributed by atoms with van der Waals surface area (Å²) in [4.78, 5) is 48.6. The van der Waals surface area contributed by atoms with E-state index < -0.39 is 18.1 Å². The molecule has 234 valence electrons. The Morgan fingerprint density at radius 3 is 2.39 bits per heavy atom. The first-order valence-electron chi connectivity index (χ1n) is 12.9. The minimum atomic E-state index is -5.08. The number of carbonyl (C=O) groups excluding carboxylic acids is 3. The van der Waals surface area contributed by atoms with Gasteiger partial charge in [-0.3, -0.25) is 24.4 Å². The summed E-state index contributed by atoms with van der Waals surface area (Å²) in [5, 5.41) is 22.6. The molecule has 3 amide bonds. The Bertz CT molecular complexity index is 1530. The molecule has 1 aromatic heterocycles. The first-order chi connectivity index (χ1) is 20.8. The molecule has 1 aliphatic heterocycles. The van der Waals surface area contributed by atoms with Crippen molar-refractivity contribution in [2.45, 2.75) is 32.1 Å². The molecule has 0 spiro atoms. The van der Waals surface area contributed by atoms with Crippen LogP contribution in [0.15, 0.2) is 60.8 Å². The minimum absolute atomic E-state index is 0.0741. The summed E-state index contributed by atoms with van der Waals surface area (Å²) in [7, 11) is 0. The first-order valence-corrected chi connectivity index (χ1v) is 13.7. The number of carboxylic acid groups (broad SMARTS) is 1. The lowest BCUT2D eigenvalue weighted by Crippen LogP contribution is -2.37. The van der Waals surface area contributed by atoms with Crippen LogP contribution in [0.2, 0.25) is 10.0 Å². The number of aromatic amines is 1. The number of benzene rings is 2. The van der Waals surface area contributed by atoms with Gasteiger partial charge in [-0.15, -0.1) is 0 Å². The van der Waals surface area contributed by atoms with Crippen LogP contribution >= 0.6 is 23.2 Å². The molecular formula is C28H27Cl2F3N6O5. The van der Waals surface area contributed by atoms with E-state index in [1.54, 1.807) is 31.2 Å². The number of H-pyrrole nitrogens is 1. The van der Waals surface area contributed by atoms with Crippen LogP contribution in [-0.2, 0) is 16.1 Å². The first kappa shape index (κ1) is 34.1. The maximum atomic E-state index is 13.0. The van der Waals surface area contributed by atoms with E-state index in [2.05, 4.69) is 31.0 Å². The molecule has 3 aromatic rings. The lowest BCUT2D eigenvalue weighted by molar-refractivity contribution is -0.192. The van der Waals surface area contributed by atoms with Gasteiger partial charge in [-0.2, -0.15) is 18.3 Å². The predicted octanol–water partition coefficient (Wildman–Crippen LogP) is 5.12. The second kappa shape index (κ2) is 15.4. The molecule has 1 aliphatic rings. The number of nitrogens with zero attached hydrogens (tertiary/aromatic N) is 2. The largest absolute Gasteiger partial charge is 0.490 e. The highest BCUT2D eigenvalue weighted by Gasteiger charge is 2.38. The number of halogens is 5. The van der Waals surface area contributed by atoms with Gasteiger partial charge in [0, 0.05) is 31.4 Å². The molecule has 0 unspecified atom stereocenters. The van der Waals surface area contributed by atoms with E-state index >= 15 is 0 Å². The Balaban J connectivity index is 0.000000676.